The molecule has 7 nitrogen and oxygen atoms in total. The van der Waals surface area contributed by atoms with Gasteiger partial charge in [0.2, 0.25) is 11.8 Å². The van der Waals surface area contributed by atoms with Crippen LogP contribution in [0.1, 0.15) is 25.1 Å². The number of hydrogen-bond donors (Lipinski definition) is 2. The minimum absolute atomic E-state index is 0.176. The van der Waals surface area contributed by atoms with Crippen LogP contribution < -0.4 is 20.7 Å². The minimum atomic E-state index is -0.176. The van der Waals surface area contributed by atoms with Crippen molar-refractivity contribution in [3.63, 3.8) is 0 Å². The number of hydrazine groups is 1. The lowest BCUT2D eigenvalue weighted by Crippen LogP contribution is -2.30. The van der Waals surface area contributed by atoms with E-state index in [9.17, 15) is 0 Å². The van der Waals surface area contributed by atoms with E-state index >= 15 is 0 Å². The molecular formula is C11H20N4O3. The maximum atomic E-state index is 5.52. The van der Waals surface area contributed by atoms with Crippen LogP contribution in [0, 0.1) is 0 Å². The molecule has 1 rings (SSSR count). The second-order valence-electron chi connectivity index (χ2n) is 3.51. The molecule has 0 aliphatic heterocycles. The highest BCUT2D eigenvalue weighted by Crippen LogP contribution is 2.24. The highest BCUT2D eigenvalue weighted by Gasteiger charge is 2.18. The zero-order valence-electron chi connectivity index (χ0n) is 11.0. The lowest BCUT2D eigenvalue weighted by atomic mass is 10.1. The Morgan fingerprint density at radius 2 is 2.17 bits per heavy atom. The first kappa shape index (κ1) is 14.6. The van der Waals surface area contributed by atoms with Gasteiger partial charge in [0.15, 0.2) is 0 Å². The molecule has 18 heavy (non-hydrogen) atoms. The van der Waals surface area contributed by atoms with Crippen LogP contribution in [0.2, 0.25) is 0 Å². The molecule has 0 aliphatic carbocycles. The van der Waals surface area contributed by atoms with E-state index in [-0.39, 0.29) is 6.04 Å². The van der Waals surface area contributed by atoms with Crippen LogP contribution in [-0.2, 0) is 4.74 Å². The first-order valence-corrected chi connectivity index (χ1v) is 5.75. The Kier molecular flexibility index (Phi) is 6.34. The molecule has 0 bridgehead atoms. The first-order valence-electron chi connectivity index (χ1n) is 5.75. The molecule has 0 saturated heterocycles. The summed E-state index contributed by atoms with van der Waals surface area (Å²) in [5, 5.41) is 0. The number of hydrogen-bond acceptors (Lipinski definition) is 7. The van der Waals surface area contributed by atoms with Crippen molar-refractivity contribution >= 4 is 0 Å². The van der Waals surface area contributed by atoms with E-state index in [0.717, 1.165) is 0 Å². The molecule has 3 N–H and O–H groups in total. The molecular weight excluding hydrogens is 236 g/mol. The summed E-state index contributed by atoms with van der Waals surface area (Å²) in [5.74, 6) is 6.32. The van der Waals surface area contributed by atoms with Gasteiger partial charge in [-0.05, 0) is 13.3 Å². The van der Waals surface area contributed by atoms with Crippen molar-refractivity contribution in [2.75, 3.05) is 27.4 Å². The van der Waals surface area contributed by atoms with Crippen LogP contribution in [0.15, 0.2) is 6.20 Å². The summed E-state index contributed by atoms with van der Waals surface area (Å²) in [6.07, 6.45) is 2.21. The van der Waals surface area contributed by atoms with Crippen molar-refractivity contribution in [2.24, 2.45) is 5.84 Å². The normalized spacial score (nSPS) is 12.2. The average molecular weight is 256 g/mol. The summed E-state index contributed by atoms with van der Waals surface area (Å²) >= 11 is 0. The number of ether oxygens (including phenoxy) is 3. The summed E-state index contributed by atoms with van der Waals surface area (Å²) in [7, 11) is 3.06. The fraction of sp³-hybridized carbons (Fsp3) is 0.636. The van der Waals surface area contributed by atoms with E-state index < -0.39 is 0 Å². The molecule has 0 amide bonds. The molecule has 0 radical (unpaired) electrons. The number of methoxy groups -OCH3 is 2. The van der Waals surface area contributed by atoms with Crippen LogP contribution in [0.5, 0.6) is 11.8 Å². The minimum Gasteiger partial charge on any atom is -0.480 e. The summed E-state index contributed by atoms with van der Waals surface area (Å²) in [6.45, 7) is 3.20. The van der Waals surface area contributed by atoms with Gasteiger partial charge >= 0.3 is 0 Å². The van der Waals surface area contributed by atoms with E-state index in [4.69, 9.17) is 20.1 Å². The van der Waals surface area contributed by atoms with E-state index in [2.05, 4.69) is 15.4 Å². The third-order valence-corrected chi connectivity index (χ3v) is 2.43. The van der Waals surface area contributed by atoms with Crippen LogP contribution in [-0.4, -0.2) is 37.4 Å². The molecule has 1 aromatic rings. The van der Waals surface area contributed by atoms with Gasteiger partial charge in [0.1, 0.15) is 5.69 Å². The molecule has 0 saturated carbocycles. The summed E-state index contributed by atoms with van der Waals surface area (Å²) in [6, 6.07) is -0.176. The molecule has 1 atom stereocenters. The maximum Gasteiger partial charge on any atom is 0.240 e. The monoisotopic (exact) mass is 256 g/mol. The number of nitrogens with one attached hydrogen (secondary N) is 1. The SMILES string of the molecule is CCOCCC(NN)c1ncc(OC)nc1OC. The highest BCUT2D eigenvalue weighted by molar-refractivity contribution is 5.25. The van der Waals surface area contributed by atoms with E-state index in [0.29, 0.717) is 37.1 Å². The third kappa shape index (κ3) is 3.80. The van der Waals surface area contributed by atoms with Crippen molar-refractivity contribution in [1.29, 1.82) is 0 Å². The molecule has 1 aromatic heterocycles. The average Bonchev–Trinajstić information content (AvgIpc) is 2.43. The Labute approximate surface area is 107 Å². The number of nitrogens with two attached hydrogens (primary N) is 1. The topological polar surface area (TPSA) is 91.5 Å². The van der Waals surface area contributed by atoms with Crippen LogP contribution in [0.25, 0.3) is 0 Å². The second kappa shape index (κ2) is 7.80. The van der Waals surface area contributed by atoms with Crippen molar-refractivity contribution in [3.8, 4) is 11.8 Å². The smallest absolute Gasteiger partial charge is 0.240 e. The van der Waals surface area contributed by atoms with Crippen molar-refractivity contribution < 1.29 is 14.2 Å². The highest BCUT2D eigenvalue weighted by atomic mass is 16.5. The van der Waals surface area contributed by atoms with E-state index in [1.54, 1.807) is 0 Å². The van der Waals surface area contributed by atoms with Crippen LogP contribution >= 0.6 is 0 Å². The van der Waals surface area contributed by atoms with E-state index in [1.807, 2.05) is 6.92 Å². The molecule has 1 unspecified atom stereocenters. The molecule has 0 aromatic carbocycles. The summed E-state index contributed by atoms with van der Waals surface area (Å²) in [5.41, 5.74) is 3.33. The van der Waals surface area contributed by atoms with Gasteiger partial charge in [-0.15, -0.1) is 0 Å². The van der Waals surface area contributed by atoms with Gasteiger partial charge in [-0.25, -0.2) is 4.98 Å². The third-order valence-electron chi connectivity index (χ3n) is 2.43. The zero-order chi connectivity index (χ0) is 13.4. The quantitative estimate of drug-likeness (QED) is 0.396. The summed E-state index contributed by atoms with van der Waals surface area (Å²) < 4.78 is 15.5. The zero-order valence-corrected chi connectivity index (χ0v) is 11.0. The van der Waals surface area contributed by atoms with Gasteiger partial charge in [0.25, 0.3) is 0 Å². The van der Waals surface area contributed by atoms with Crippen molar-refractivity contribution in [3.05, 3.63) is 11.9 Å². The fourth-order valence-electron chi connectivity index (χ4n) is 1.50. The largest absolute Gasteiger partial charge is 0.480 e. The van der Waals surface area contributed by atoms with Crippen molar-refractivity contribution in [1.82, 2.24) is 15.4 Å². The molecule has 1 heterocycles. The molecule has 0 fully saturated rings. The molecule has 0 aliphatic rings. The lowest BCUT2D eigenvalue weighted by Gasteiger charge is -2.17. The van der Waals surface area contributed by atoms with Crippen LogP contribution in [0.3, 0.4) is 0 Å². The van der Waals surface area contributed by atoms with Crippen molar-refractivity contribution in [2.45, 2.75) is 19.4 Å². The van der Waals surface area contributed by atoms with Gasteiger partial charge in [0.05, 0.1) is 26.5 Å². The van der Waals surface area contributed by atoms with Gasteiger partial charge < -0.3 is 14.2 Å². The Hall–Kier alpha value is -1.44. The number of nitrogens with zero attached hydrogens (tertiary/aromatic N) is 2. The van der Waals surface area contributed by atoms with E-state index in [1.165, 1.54) is 20.4 Å². The Morgan fingerprint density at radius 3 is 2.72 bits per heavy atom. The second-order valence-corrected chi connectivity index (χ2v) is 3.51. The van der Waals surface area contributed by atoms with Gasteiger partial charge in [-0.2, -0.15) is 4.98 Å². The molecule has 0 spiro atoms. The predicted octanol–water partition coefficient (Wildman–Crippen LogP) is 0.425. The fourth-order valence-corrected chi connectivity index (χ4v) is 1.50. The standard InChI is InChI=1S/C11H20N4O3/c1-4-18-6-5-8(15-12)10-11(17-3)14-9(16-2)7-13-10/h7-8,15H,4-6,12H2,1-3H3. The van der Waals surface area contributed by atoms with Gasteiger partial charge in [-0.1, -0.05) is 0 Å². The van der Waals surface area contributed by atoms with Crippen LogP contribution in [0.4, 0.5) is 0 Å². The van der Waals surface area contributed by atoms with Gasteiger partial charge in [0, 0.05) is 13.2 Å². The number of rotatable bonds is 8. The maximum absolute atomic E-state index is 5.52. The van der Waals surface area contributed by atoms with Gasteiger partial charge in [-0.3, -0.25) is 11.3 Å². The predicted molar refractivity (Wildman–Crippen MR) is 66.3 cm³/mol. The Balaban J connectivity index is 2.83. The Morgan fingerprint density at radius 1 is 1.39 bits per heavy atom. The number of aromatic nitrogens is 2. The first-order chi connectivity index (χ1) is 8.76. The molecule has 7 heteroatoms. The summed E-state index contributed by atoms with van der Waals surface area (Å²) in [4.78, 5) is 8.42. The Bertz CT molecular complexity index is 362. The lowest BCUT2D eigenvalue weighted by molar-refractivity contribution is 0.135. The molecule has 102 valence electrons.